The number of alkyl halides is 2. The maximum atomic E-state index is 12.0. The Bertz CT molecular complexity index is 387. The first-order chi connectivity index (χ1) is 10.0. The van der Waals surface area contributed by atoms with Crippen LogP contribution in [0.3, 0.4) is 0 Å². The molecule has 0 heterocycles. The van der Waals surface area contributed by atoms with Gasteiger partial charge < -0.3 is 19.9 Å². The predicted octanol–water partition coefficient (Wildman–Crippen LogP) is 2.21. The number of hydrogen-bond donors (Lipinski definition) is 2. The van der Waals surface area contributed by atoms with Crippen molar-refractivity contribution in [3.8, 4) is 5.75 Å². The van der Waals surface area contributed by atoms with Crippen molar-refractivity contribution in [2.75, 3.05) is 20.3 Å². The molecular weight excluding hydrogens is 280 g/mol. The minimum absolute atomic E-state index is 0.0256. The number of ether oxygens (including phenoxy) is 2. The largest absolute Gasteiger partial charge is 0.435 e. The summed E-state index contributed by atoms with van der Waals surface area (Å²) in [5.74, 6) is 0.167. The average Bonchev–Trinajstić information content (AvgIpc) is 2.45. The molecular formula is C15H23F2NO3. The minimum atomic E-state index is -2.80. The first-order valence-corrected chi connectivity index (χ1v) is 6.94. The lowest BCUT2D eigenvalue weighted by Gasteiger charge is -2.21. The highest BCUT2D eigenvalue weighted by Gasteiger charge is 2.11. The van der Waals surface area contributed by atoms with Crippen LogP contribution >= 0.6 is 0 Å². The standard InChI is InChI=1S/C15H23F2NO3/c1-11(18-13(9-19)10-20-2)3-4-12-5-7-14(8-6-12)21-15(16)17/h5-8,11,13,15,18-19H,3-4,9-10H2,1-2H3. The van der Waals surface area contributed by atoms with Gasteiger partial charge in [-0.05, 0) is 37.5 Å². The van der Waals surface area contributed by atoms with Crippen molar-refractivity contribution in [1.29, 1.82) is 0 Å². The summed E-state index contributed by atoms with van der Waals surface area (Å²) in [7, 11) is 1.60. The maximum absolute atomic E-state index is 12.0. The van der Waals surface area contributed by atoms with Gasteiger partial charge >= 0.3 is 6.61 Å². The van der Waals surface area contributed by atoms with Crippen LogP contribution in [0.15, 0.2) is 24.3 Å². The summed E-state index contributed by atoms with van der Waals surface area (Å²) >= 11 is 0. The van der Waals surface area contributed by atoms with Crippen LogP contribution in [0, 0.1) is 0 Å². The molecule has 0 saturated carbocycles. The van der Waals surface area contributed by atoms with Gasteiger partial charge in [0.1, 0.15) is 5.75 Å². The molecule has 4 nitrogen and oxygen atoms in total. The molecule has 0 aliphatic carbocycles. The van der Waals surface area contributed by atoms with E-state index in [9.17, 15) is 13.9 Å². The van der Waals surface area contributed by atoms with Gasteiger partial charge in [-0.3, -0.25) is 0 Å². The van der Waals surface area contributed by atoms with Gasteiger partial charge in [0, 0.05) is 13.2 Å². The summed E-state index contributed by atoms with van der Waals surface area (Å²) in [5, 5.41) is 12.5. The Labute approximate surface area is 124 Å². The molecule has 1 aromatic rings. The van der Waals surface area contributed by atoms with Gasteiger partial charge in [0.25, 0.3) is 0 Å². The average molecular weight is 303 g/mol. The molecule has 0 fully saturated rings. The molecule has 0 aliphatic heterocycles. The van der Waals surface area contributed by atoms with E-state index < -0.39 is 6.61 Å². The zero-order valence-corrected chi connectivity index (χ0v) is 12.4. The smallest absolute Gasteiger partial charge is 0.387 e. The van der Waals surface area contributed by atoms with Gasteiger partial charge in [-0.25, -0.2) is 0 Å². The van der Waals surface area contributed by atoms with E-state index in [1.54, 1.807) is 31.4 Å². The normalized spacial score (nSPS) is 14.2. The molecule has 1 aromatic carbocycles. The van der Waals surface area contributed by atoms with E-state index in [1.165, 1.54) is 0 Å². The monoisotopic (exact) mass is 303 g/mol. The predicted molar refractivity (Wildman–Crippen MR) is 76.7 cm³/mol. The number of aliphatic hydroxyl groups excluding tert-OH is 1. The lowest BCUT2D eigenvalue weighted by atomic mass is 10.1. The third-order valence-electron chi connectivity index (χ3n) is 3.12. The Morgan fingerprint density at radius 1 is 1.24 bits per heavy atom. The van der Waals surface area contributed by atoms with Crippen LogP contribution in [0.25, 0.3) is 0 Å². The number of hydrogen-bond acceptors (Lipinski definition) is 4. The third kappa shape index (κ3) is 7.36. The van der Waals surface area contributed by atoms with Gasteiger partial charge in [-0.2, -0.15) is 8.78 Å². The second kappa shape index (κ2) is 9.65. The van der Waals surface area contributed by atoms with Crippen molar-refractivity contribution in [2.24, 2.45) is 0 Å². The first kappa shape index (κ1) is 17.8. The van der Waals surface area contributed by atoms with Crippen LogP contribution in [0.5, 0.6) is 5.75 Å². The zero-order chi connectivity index (χ0) is 15.7. The van der Waals surface area contributed by atoms with E-state index in [-0.39, 0.29) is 24.4 Å². The van der Waals surface area contributed by atoms with Gasteiger partial charge in [-0.15, -0.1) is 0 Å². The molecule has 0 bridgehead atoms. The van der Waals surface area contributed by atoms with Crippen LogP contribution in [-0.2, 0) is 11.2 Å². The molecule has 0 amide bonds. The molecule has 2 N–H and O–H groups in total. The molecule has 0 aliphatic rings. The second-order valence-electron chi connectivity index (χ2n) is 4.96. The summed E-state index contributed by atoms with van der Waals surface area (Å²) in [6.45, 7) is -0.276. The van der Waals surface area contributed by atoms with Crippen LogP contribution in [0.2, 0.25) is 0 Å². The van der Waals surface area contributed by atoms with Crippen LogP contribution < -0.4 is 10.1 Å². The number of aryl methyl sites for hydroxylation is 1. The second-order valence-corrected chi connectivity index (χ2v) is 4.96. The van der Waals surface area contributed by atoms with Crippen molar-refractivity contribution in [1.82, 2.24) is 5.32 Å². The van der Waals surface area contributed by atoms with Crippen LogP contribution in [0.4, 0.5) is 8.78 Å². The fourth-order valence-corrected chi connectivity index (χ4v) is 2.06. The van der Waals surface area contributed by atoms with E-state index in [0.717, 1.165) is 18.4 Å². The Balaban J connectivity index is 2.36. The topological polar surface area (TPSA) is 50.7 Å². The van der Waals surface area contributed by atoms with E-state index in [1.807, 2.05) is 6.92 Å². The lowest BCUT2D eigenvalue weighted by Crippen LogP contribution is -2.42. The molecule has 21 heavy (non-hydrogen) atoms. The Kier molecular flexibility index (Phi) is 8.19. The summed E-state index contributed by atoms with van der Waals surface area (Å²) in [5.41, 5.74) is 1.05. The van der Waals surface area contributed by atoms with Crippen molar-refractivity contribution >= 4 is 0 Å². The highest BCUT2D eigenvalue weighted by atomic mass is 19.3. The number of rotatable bonds is 10. The quantitative estimate of drug-likeness (QED) is 0.696. The van der Waals surface area contributed by atoms with Gasteiger partial charge in [0.05, 0.1) is 19.3 Å². The fraction of sp³-hybridized carbons (Fsp3) is 0.600. The highest BCUT2D eigenvalue weighted by molar-refractivity contribution is 5.27. The zero-order valence-electron chi connectivity index (χ0n) is 12.4. The molecule has 0 spiro atoms. The SMILES string of the molecule is COCC(CO)NC(C)CCc1ccc(OC(F)F)cc1. The van der Waals surface area contributed by atoms with Crippen LogP contribution in [-0.4, -0.2) is 44.1 Å². The van der Waals surface area contributed by atoms with Gasteiger partial charge in [-0.1, -0.05) is 12.1 Å². The highest BCUT2D eigenvalue weighted by Crippen LogP contribution is 2.16. The van der Waals surface area contributed by atoms with E-state index in [2.05, 4.69) is 10.1 Å². The van der Waals surface area contributed by atoms with Crippen molar-refractivity contribution in [2.45, 2.75) is 38.5 Å². The molecule has 6 heteroatoms. The Hall–Kier alpha value is -1.24. The number of aliphatic hydroxyl groups is 1. The Morgan fingerprint density at radius 3 is 2.43 bits per heavy atom. The number of methoxy groups -OCH3 is 1. The van der Waals surface area contributed by atoms with Crippen LogP contribution in [0.1, 0.15) is 18.9 Å². The minimum Gasteiger partial charge on any atom is -0.435 e. The molecule has 0 aromatic heterocycles. The van der Waals surface area contributed by atoms with Crippen molar-refractivity contribution in [3.63, 3.8) is 0 Å². The third-order valence-corrected chi connectivity index (χ3v) is 3.12. The molecule has 2 atom stereocenters. The maximum Gasteiger partial charge on any atom is 0.387 e. The molecule has 1 rings (SSSR count). The summed E-state index contributed by atoms with van der Waals surface area (Å²) in [6.07, 6.45) is 1.68. The van der Waals surface area contributed by atoms with Gasteiger partial charge in [0.2, 0.25) is 0 Å². The molecule has 0 saturated heterocycles. The summed E-state index contributed by atoms with van der Waals surface area (Å²) in [4.78, 5) is 0. The first-order valence-electron chi connectivity index (χ1n) is 6.94. The molecule has 0 radical (unpaired) electrons. The number of benzene rings is 1. The van der Waals surface area contributed by atoms with E-state index in [0.29, 0.717) is 6.61 Å². The molecule has 120 valence electrons. The van der Waals surface area contributed by atoms with E-state index >= 15 is 0 Å². The number of nitrogens with one attached hydrogen (secondary N) is 1. The van der Waals surface area contributed by atoms with Gasteiger partial charge in [0.15, 0.2) is 0 Å². The number of halogens is 2. The van der Waals surface area contributed by atoms with E-state index in [4.69, 9.17) is 4.74 Å². The Morgan fingerprint density at radius 2 is 1.90 bits per heavy atom. The fourth-order valence-electron chi connectivity index (χ4n) is 2.06. The van der Waals surface area contributed by atoms with Crippen molar-refractivity contribution < 1.29 is 23.4 Å². The van der Waals surface area contributed by atoms with Crippen molar-refractivity contribution in [3.05, 3.63) is 29.8 Å². The summed E-state index contributed by atoms with van der Waals surface area (Å²) < 4.78 is 33.4. The lowest BCUT2D eigenvalue weighted by molar-refractivity contribution is -0.0498. The summed E-state index contributed by atoms with van der Waals surface area (Å²) in [6, 6.07) is 6.79. The molecule has 2 unspecified atom stereocenters.